The summed E-state index contributed by atoms with van der Waals surface area (Å²) in [6, 6.07) is 9.49. The normalized spacial score (nSPS) is 12.3. The van der Waals surface area contributed by atoms with Crippen molar-refractivity contribution in [2.45, 2.75) is 26.8 Å². The standard InChI is InChI=1S/C16H22N2O2/c1-5-11-17-14(19)16(3,4)15(20)18-12(2)13-9-7-6-8-10-13/h5-10,12H,1,11H2,2-4H3,(H,17,19)(H,18,20). The van der Waals surface area contributed by atoms with Gasteiger partial charge in [-0.25, -0.2) is 0 Å². The number of carbonyl (C=O) groups excluding carboxylic acids is 2. The Hall–Kier alpha value is -2.10. The first-order valence-corrected chi connectivity index (χ1v) is 6.64. The second-order valence-corrected chi connectivity index (χ2v) is 5.23. The molecule has 1 aromatic rings. The molecule has 0 saturated carbocycles. The molecule has 1 aromatic carbocycles. The summed E-state index contributed by atoms with van der Waals surface area (Å²) >= 11 is 0. The van der Waals surface area contributed by atoms with Crippen LogP contribution in [0.3, 0.4) is 0 Å². The molecule has 1 rings (SSSR count). The van der Waals surface area contributed by atoms with E-state index in [1.165, 1.54) is 0 Å². The molecular weight excluding hydrogens is 252 g/mol. The molecule has 0 bridgehead atoms. The lowest BCUT2D eigenvalue weighted by atomic mass is 9.90. The maximum absolute atomic E-state index is 12.3. The van der Waals surface area contributed by atoms with Gasteiger partial charge in [-0.15, -0.1) is 6.58 Å². The molecule has 0 aliphatic heterocycles. The number of rotatable bonds is 6. The molecule has 20 heavy (non-hydrogen) atoms. The molecule has 0 aliphatic carbocycles. The second-order valence-electron chi connectivity index (χ2n) is 5.23. The highest BCUT2D eigenvalue weighted by molar-refractivity contribution is 6.04. The number of hydrogen-bond acceptors (Lipinski definition) is 2. The Balaban J connectivity index is 2.69. The average Bonchev–Trinajstić information content (AvgIpc) is 2.45. The first-order chi connectivity index (χ1) is 9.39. The van der Waals surface area contributed by atoms with Gasteiger partial charge in [0.1, 0.15) is 5.41 Å². The maximum Gasteiger partial charge on any atom is 0.235 e. The first kappa shape index (κ1) is 16.0. The van der Waals surface area contributed by atoms with E-state index < -0.39 is 5.41 Å². The van der Waals surface area contributed by atoms with E-state index in [1.54, 1.807) is 19.9 Å². The number of nitrogens with one attached hydrogen (secondary N) is 2. The minimum absolute atomic E-state index is 0.143. The minimum atomic E-state index is -1.12. The zero-order valence-electron chi connectivity index (χ0n) is 12.3. The van der Waals surface area contributed by atoms with E-state index in [4.69, 9.17) is 0 Å². The van der Waals surface area contributed by atoms with Crippen LogP contribution in [-0.4, -0.2) is 18.4 Å². The Labute approximate surface area is 120 Å². The predicted molar refractivity (Wildman–Crippen MR) is 80.0 cm³/mol. The Bertz CT molecular complexity index is 481. The van der Waals surface area contributed by atoms with Gasteiger partial charge in [-0.05, 0) is 26.3 Å². The van der Waals surface area contributed by atoms with Crippen LogP contribution in [0.15, 0.2) is 43.0 Å². The third-order valence-corrected chi connectivity index (χ3v) is 3.19. The van der Waals surface area contributed by atoms with Crippen molar-refractivity contribution in [3.05, 3.63) is 48.6 Å². The van der Waals surface area contributed by atoms with Crippen molar-refractivity contribution in [3.63, 3.8) is 0 Å². The molecule has 0 spiro atoms. The van der Waals surface area contributed by atoms with Gasteiger partial charge in [0.05, 0.1) is 6.04 Å². The highest BCUT2D eigenvalue weighted by Gasteiger charge is 2.36. The summed E-state index contributed by atoms with van der Waals surface area (Å²) in [5.41, 5.74) is -0.116. The van der Waals surface area contributed by atoms with Gasteiger partial charge < -0.3 is 10.6 Å². The van der Waals surface area contributed by atoms with Crippen molar-refractivity contribution in [2.24, 2.45) is 5.41 Å². The van der Waals surface area contributed by atoms with Crippen LogP contribution >= 0.6 is 0 Å². The van der Waals surface area contributed by atoms with E-state index in [9.17, 15) is 9.59 Å². The summed E-state index contributed by atoms with van der Waals surface area (Å²) in [5.74, 6) is -0.606. The molecule has 0 radical (unpaired) electrons. The predicted octanol–water partition coefficient (Wildman–Crippen LogP) is 2.19. The highest BCUT2D eigenvalue weighted by atomic mass is 16.2. The van der Waals surface area contributed by atoms with Gasteiger partial charge in [0.2, 0.25) is 11.8 Å². The van der Waals surface area contributed by atoms with Gasteiger partial charge in [-0.3, -0.25) is 9.59 Å². The lowest BCUT2D eigenvalue weighted by Crippen LogP contribution is -2.48. The molecule has 108 valence electrons. The van der Waals surface area contributed by atoms with Crippen molar-refractivity contribution >= 4 is 11.8 Å². The molecule has 0 saturated heterocycles. The van der Waals surface area contributed by atoms with Crippen LogP contribution < -0.4 is 10.6 Å². The van der Waals surface area contributed by atoms with Gasteiger partial charge in [0.25, 0.3) is 0 Å². The third kappa shape index (κ3) is 3.95. The molecule has 0 fully saturated rings. The summed E-state index contributed by atoms with van der Waals surface area (Å²) in [5, 5.41) is 5.52. The highest BCUT2D eigenvalue weighted by Crippen LogP contribution is 2.19. The van der Waals surface area contributed by atoms with Crippen LogP contribution in [0, 0.1) is 5.41 Å². The summed E-state index contributed by atoms with van der Waals surface area (Å²) in [7, 11) is 0. The Kier molecular flexibility index (Phi) is 5.50. The molecule has 0 heterocycles. The Morgan fingerprint density at radius 1 is 1.25 bits per heavy atom. The van der Waals surface area contributed by atoms with Crippen LogP contribution in [-0.2, 0) is 9.59 Å². The monoisotopic (exact) mass is 274 g/mol. The molecule has 4 heteroatoms. The smallest absolute Gasteiger partial charge is 0.235 e. The maximum atomic E-state index is 12.3. The molecule has 0 aliphatic rings. The average molecular weight is 274 g/mol. The fourth-order valence-corrected chi connectivity index (χ4v) is 1.69. The van der Waals surface area contributed by atoms with E-state index in [2.05, 4.69) is 17.2 Å². The van der Waals surface area contributed by atoms with Crippen molar-refractivity contribution in [1.29, 1.82) is 0 Å². The quantitative estimate of drug-likeness (QED) is 0.617. The van der Waals surface area contributed by atoms with Gasteiger partial charge in [0, 0.05) is 6.54 Å². The van der Waals surface area contributed by atoms with Crippen LogP contribution in [0.25, 0.3) is 0 Å². The van der Waals surface area contributed by atoms with Gasteiger partial charge in [-0.1, -0.05) is 36.4 Å². The summed E-state index contributed by atoms with van der Waals surface area (Å²) < 4.78 is 0. The lowest BCUT2D eigenvalue weighted by Gasteiger charge is -2.25. The number of benzene rings is 1. The SMILES string of the molecule is C=CCNC(=O)C(C)(C)C(=O)NC(C)c1ccccc1. The van der Waals surface area contributed by atoms with Gasteiger partial charge >= 0.3 is 0 Å². The third-order valence-electron chi connectivity index (χ3n) is 3.19. The van der Waals surface area contributed by atoms with Crippen molar-refractivity contribution in [1.82, 2.24) is 10.6 Å². The van der Waals surface area contributed by atoms with Crippen LogP contribution in [0.1, 0.15) is 32.4 Å². The molecule has 2 amide bonds. The summed E-state index contributed by atoms with van der Waals surface area (Å²) in [6.45, 7) is 9.00. The molecule has 0 aromatic heterocycles. The first-order valence-electron chi connectivity index (χ1n) is 6.64. The van der Waals surface area contributed by atoms with E-state index in [1.807, 2.05) is 37.3 Å². The Morgan fingerprint density at radius 2 is 1.85 bits per heavy atom. The number of carbonyl (C=O) groups is 2. The van der Waals surface area contributed by atoms with Crippen molar-refractivity contribution in [2.75, 3.05) is 6.54 Å². The lowest BCUT2D eigenvalue weighted by molar-refractivity contribution is -0.141. The minimum Gasteiger partial charge on any atom is -0.352 e. The van der Waals surface area contributed by atoms with Crippen LogP contribution in [0.4, 0.5) is 0 Å². The fraction of sp³-hybridized carbons (Fsp3) is 0.375. The van der Waals surface area contributed by atoms with Crippen LogP contribution in [0.2, 0.25) is 0 Å². The van der Waals surface area contributed by atoms with Gasteiger partial charge in [-0.2, -0.15) is 0 Å². The fourth-order valence-electron chi connectivity index (χ4n) is 1.69. The van der Waals surface area contributed by atoms with Crippen molar-refractivity contribution < 1.29 is 9.59 Å². The topological polar surface area (TPSA) is 58.2 Å². The molecule has 2 N–H and O–H groups in total. The number of hydrogen-bond donors (Lipinski definition) is 2. The molecule has 1 atom stereocenters. The van der Waals surface area contributed by atoms with E-state index in [-0.39, 0.29) is 17.9 Å². The largest absolute Gasteiger partial charge is 0.352 e. The Morgan fingerprint density at radius 3 is 2.40 bits per heavy atom. The zero-order chi connectivity index (χ0) is 15.2. The molecular formula is C16H22N2O2. The van der Waals surface area contributed by atoms with Gasteiger partial charge in [0.15, 0.2) is 0 Å². The van der Waals surface area contributed by atoms with E-state index >= 15 is 0 Å². The van der Waals surface area contributed by atoms with Crippen molar-refractivity contribution in [3.8, 4) is 0 Å². The van der Waals surface area contributed by atoms with E-state index in [0.29, 0.717) is 6.54 Å². The second kappa shape index (κ2) is 6.89. The molecule has 1 unspecified atom stereocenters. The summed E-state index contributed by atoms with van der Waals surface area (Å²) in [6.07, 6.45) is 1.58. The zero-order valence-corrected chi connectivity index (χ0v) is 12.3. The van der Waals surface area contributed by atoms with E-state index in [0.717, 1.165) is 5.56 Å². The number of amides is 2. The van der Waals surface area contributed by atoms with Crippen LogP contribution in [0.5, 0.6) is 0 Å². The summed E-state index contributed by atoms with van der Waals surface area (Å²) in [4.78, 5) is 24.2. The molecule has 4 nitrogen and oxygen atoms in total.